The van der Waals surface area contributed by atoms with Crippen molar-refractivity contribution >= 4 is 5.91 Å². The van der Waals surface area contributed by atoms with Crippen LogP contribution in [0.25, 0.3) is 0 Å². The molecule has 1 aliphatic rings. The summed E-state index contributed by atoms with van der Waals surface area (Å²) in [7, 11) is 0. The number of nitrogens with two attached hydrogens (primary N) is 1. The molecule has 0 aromatic heterocycles. The van der Waals surface area contributed by atoms with Crippen molar-refractivity contribution in [1.82, 2.24) is 5.48 Å². The summed E-state index contributed by atoms with van der Waals surface area (Å²) in [5.41, 5.74) is 7.82. The lowest BCUT2D eigenvalue weighted by molar-refractivity contribution is -0.150. The summed E-state index contributed by atoms with van der Waals surface area (Å²) in [6.07, 6.45) is 3.08. The molecular formula is C11H22N2O2. The van der Waals surface area contributed by atoms with Crippen LogP contribution in [0, 0.1) is 11.8 Å². The highest BCUT2D eigenvalue weighted by molar-refractivity contribution is 5.78. The smallest absolute Gasteiger partial charge is 0.246 e. The van der Waals surface area contributed by atoms with Gasteiger partial charge in [-0.05, 0) is 46.1 Å². The molecule has 0 aromatic carbocycles. The van der Waals surface area contributed by atoms with Crippen molar-refractivity contribution in [2.75, 3.05) is 6.54 Å². The third-order valence-electron chi connectivity index (χ3n) is 2.76. The molecule has 2 unspecified atom stereocenters. The van der Waals surface area contributed by atoms with Crippen LogP contribution in [-0.2, 0) is 9.63 Å². The molecule has 3 N–H and O–H groups in total. The summed E-state index contributed by atoms with van der Waals surface area (Å²) in [5.74, 6) is 0.351. The summed E-state index contributed by atoms with van der Waals surface area (Å²) in [6.45, 7) is 6.31. The van der Waals surface area contributed by atoms with Gasteiger partial charge in [0.15, 0.2) is 0 Å². The van der Waals surface area contributed by atoms with E-state index in [1.807, 2.05) is 20.8 Å². The lowest BCUT2D eigenvalue weighted by Gasteiger charge is -2.22. The van der Waals surface area contributed by atoms with E-state index in [0.717, 1.165) is 19.3 Å². The Bertz CT molecular complexity index is 223. The lowest BCUT2D eigenvalue weighted by Crippen LogP contribution is -2.39. The molecule has 0 aromatic rings. The molecule has 0 aliphatic heterocycles. The van der Waals surface area contributed by atoms with Crippen molar-refractivity contribution in [1.29, 1.82) is 0 Å². The molecule has 0 heterocycles. The zero-order chi connectivity index (χ0) is 11.5. The molecule has 1 fully saturated rings. The molecule has 1 rings (SSSR count). The van der Waals surface area contributed by atoms with Gasteiger partial charge in [0.25, 0.3) is 0 Å². The molecule has 0 bridgehead atoms. The Morgan fingerprint density at radius 3 is 2.67 bits per heavy atom. The fourth-order valence-corrected chi connectivity index (χ4v) is 1.94. The number of carbonyl (C=O) groups is 1. The monoisotopic (exact) mass is 214 g/mol. The summed E-state index contributed by atoms with van der Waals surface area (Å²) in [6, 6.07) is 0. The maximum atomic E-state index is 11.8. The zero-order valence-corrected chi connectivity index (χ0v) is 9.88. The SMILES string of the molecule is CC(C)(C)ONC(=O)C1CCCC1CN. The van der Waals surface area contributed by atoms with Crippen LogP contribution >= 0.6 is 0 Å². The number of rotatable bonds is 3. The Balaban J connectivity index is 2.40. The van der Waals surface area contributed by atoms with E-state index < -0.39 is 0 Å². The summed E-state index contributed by atoms with van der Waals surface area (Å²) >= 11 is 0. The normalized spacial score (nSPS) is 26.7. The number of hydrogen-bond acceptors (Lipinski definition) is 3. The minimum Gasteiger partial charge on any atom is -0.330 e. The zero-order valence-electron chi connectivity index (χ0n) is 9.88. The highest BCUT2D eigenvalue weighted by atomic mass is 16.7. The molecule has 4 nitrogen and oxygen atoms in total. The van der Waals surface area contributed by atoms with Crippen molar-refractivity contribution < 1.29 is 9.63 Å². The Hall–Kier alpha value is -0.610. The van der Waals surface area contributed by atoms with Gasteiger partial charge in [0.1, 0.15) is 0 Å². The van der Waals surface area contributed by atoms with E-state index in [4.69, 9.17) is 10.6 Å². The van der Waals surface area contributed by atoms with Crippen LogP contribution in [0.5, 0.6) is 0 Å². The number of hydroxylamine groups is 1. The fourth-order valence-electron chi connectivity index (χ4n) is 1.94. The molecule has 1 saturated carbocycles. The highest BCUT2D eigenvalue weighted by Gasteiger charge is 2.32. The predicted octanol–water partition coefficient (Wildman–Crippen LogP) is 1.21. The van der Waals surface area contributed by atoms with Gasteiger partial charge in [-0.1, -0.05) is 6.42 Å². The third-order valence-corrected chi connectivity index (χ3v) is 2.76. The van der Waals surface area contributed by atoms with Gasteiger partial charge in [-0.15, -0.1) is 0 Å². The van der Waals surface area contributed by atoms with Crippen molar-refractivity contribution in [3.63, 3.8) is 0 Å². The van der Waals surface area contributed by atoms with Crippen molar-refractivity contribution in [3.05, 3.63) is 0 Å². The van der Waals surface area contributed by atoms with Gasteiger partial charge in [0.05, 0.1) is 5.60 Å². The number of nitrogens with one attached hydrogen (secondary N) is 1. The van der Waals surface area contributed by atoms with Crippen LogP contribution in [0.1, 0.15) is 40.0 Å². The fraction of sp³-hybridized carbons (Fsp3) is 0.909. The first-order valence-corrected chi connectivity index (χ1v) is 5.62. The molecule has 0 radical (unpaired) electrons. The third kappa shape index (κ3) is 3.80. The Labute approximate surface area is 91.5 Å². The van der Waals surface area contributed by atoms with Crippen LogP contribution in [0.2, 0.25) is 0 Å². The average Bonchev–Trinajstić information content (AvgIpc) is 2.60. The first kappa shape index (κ1) is 12.5. The first-order chi connectivity index (χ1) is 6.94. The molecule has 0 spiro atoms. The van der Waals surface area contributed by atoms with Gasteiger partial charge < -0.3 is 5.73 Å². The van der Waals surface area contributed by atoms with E-state index >= 15 is 0 Å². The molecule has 15 heavy (non-hydrogen) atoms. The second-order valence-electron chi connectivity index (χ2n) is 5.21. The second kappa shape index (κ2) is 4.94. The number of carbonyl (C=O) groups excluding carboxylic acids is 1. The predicted molar refractivity (Wildman–Crippen MR) is 58.9 cm³/mol. The van der Waals surface area contributed by atoms with Crippen molar-refractivity contribution in [3.8, 4) is 0 Å². The topological polar surface area (TPSA) is 64.3 Å². The van der Waals surface area contributed by atoms with Crippen LogP contribution < -0.4 is 11.2 Å². The molecule has 0 saturated heterocycles. The Morgan fingerprint density at radius 2 is 2.13 bits per heavy atom. The standard InChI is InChI=1S/C11H22N2O2/c1-11(2,3)15-13-10(14)9-6-4-5-8(9)7-12/h8-9H,4-7,12H2,1-3H3,(H,13,14). The Morgan fingerprint density at radius 1 is 1.47 bits per heavy atom. The van der Waals surface area contributed by atoms with Gasteiger partial charge in [0, 0.05) is 5.92 Å². The minimum atomic E-state index is -0.341. The van der Waals surface area contributed by atoms with Gasteiger partial charge >= 0.3 is 0 Å². The molecule has 2 atom stereocenters. The van der Waals surface area contributed by atoms with Crippen molar-refractivity contribution in [2.45, 2.75) is 45.6 Å². The van der Waals surface area contributed by atoms with Crippen LogP contribution in [0.15, 0.2) is 0 Å². The lowest BCUT2D eigenvalue weighted by atomic mass is 9.96. The number of amides is 1. The van der Waals surface area contributed by atoms with E-state index in [2.05, 4.69) is 5.48 Å². The van der Waals surface area contributed by atoms with E-state index in [-0.39, 0.29) is 17.4 Å². The highest BCUT2D eigenvalue weighted by Crippen LogP contribution is 2.31. The van der Waals surface area contributed by atoms with E-state index in [0.29, 0.717) is 12.5 Å². The largest absolute Gasteiger partial charge is 0.330 e. The maximum absolute atomic E-state index is 11.8. The van der Waals surface area contributed by atoms with Crippen LogP contribution in [-0.4, -0.2) is 18.1 Å². The van der Waals surface area contributed by atoms with Gasteiger partial charge in [-0.3, -0.25) is 9.63 Å². The molecular weight excluding hydrogens is 192 g/mol. The molecule has 4 heteroatoms. The van der Waals surface area contributed by atoms with Crippen LogP contribution in [0.4, 0.5) is 0 Å². The average molecular weight is 214 g/mol. The Kier molecular flexibility index (Phi) is 4.11. The first-order valence-electron chi connectivity index (χ1n) is 5.62. The quantitative estimate of drug-likeness (QED) is 0.694. The molecule has 88 valence electrons. The van der Waals surface area contributed by atoms with E-state index in [1.54, 1.807) is 0 Å². The maximum Gasteiger partial charge on any atom is 0.246 e. The summed E-state index contributed by atoms with van der Waals surface area (Å²) in [4.78, 5) is 17.0. The van der Waals surface area contributed by atoms with Crippen molar-refractivity contribution in [2.24, 2.45) is 17.6 Å². The van der Waals surface area contributed by atoms with Crippen LogP contribution in [0.3, 0.4) is 0 Å². The summed E-state index contributed by atoms with van der Waals surface area (Å²) in [5, 5.41) is 0. The second-order valence-corrected chi connectivity index (χ2v) is 5.21. The van der Waals surface area contributed by atoms with E-state index in [9.17, 15) is 4.79 Å². The van der Waals surface area contributed by atoms with Gasteiger partial charge in [-0.25, -0.2) is 5.48 Å². The summed E-state index contributed by atoms with van der Waals surface area (Å²) < 4.78 is 0. The van der Waals surface area contributed by atoms with Gasteiger partial charge in [-0.2, -0.15) is 0 Å². The molecule has 1 aliphatic carbocycles. The number of hydrogen-bond donors (Lipinski definition) is 2. The van der Waals surface area contributed by atoms with Gasteiger partial charge in [0.2, 0.25) is 5.91 Å². The minimum absolute atomic E-state index is 0.0159. The molecule has 1 amide bonds. The van der Waals surface area contributed by atoms with E-state index in [1.165, 1.54) is 0 Å².